The maximum Gasteiger partial charge on any atom is 0.151 e. The fraction of sp³-hybridized carbons (Fsp3) is 0.368. The van der Waals surface area contributed by atoms with Crippen LogP contribution >= 0.6 is 22.9 Å². The highest BCUT2D eigenvalue weighted by Crippen LogP contribution is 2.35. The van der Waals surface area contributed by atoms with Crippen molar-refractivity contribution in [1.82, 2.24) is 10.2 Å². The van der Waals surface area contributed by atoms with E-state index >= 15 is 0 Å². The van der Waals surface area contributed by atoms with Crippen LogP contribution in [0.5, 0.6) is 0 Å². The molecule has 0 bridgehead atoms. The molecule has 4 rings (SSSR count). The first-order valence-electron chi connectivity index (χ1n) is 8.91. The van der Waals surface area contributed by atoms with E-state index in [2.05, 4.69) is 10.2 Å². The van der Waals surface area contributed by atoms with E-state index in [0.29, 0.717) is 17.0 Å². The predicted octanol–water partition coefficient (Wildman–Crippen LogP) is 1.56. The SMILES string of the molecule is OC[C@H]1O[C@@H](c2ccc(Cl)c(Cc3nnc(-c4ccoc4)s3)c2)[C@H](O)[C@@H](O)[C@@H]1O. The van der Waals surface area contributed by atoms with E-state index in [-0.39, 0.29) is 0 Å². The van der Waals surface area contributed by atoms with Crippen LogP contribution in [-0.2, 0) is 11.2 Å². The molecule has 2 aromatic heterocycles. The third kappa shape index (κ3) is 4.08. The smallest absolute Gasteiger partial charge is 0.151 e. The third-order valence-corrected chi connectivity index (χ3v) is 6.21. The van der Waals surface area contributed by atoms with E-state index in [9.17, 15) is 20.4 Å². The van der Waals surface area contributed by atoms with E-state index in [1.165, 1.54) is 11.3 Å². The van der Waals surface area contributed by atoms with Crippen LogP contribution in [-0.4, -0.2) is 61.6 Å². The van der Waals surface area contributed by atoms with Gasteiger partial charge in [-0.1, -0.05) is 35.1 Å². The lowest BCUT2D eigenvalue weighted by atomic mass is 9.90. The topological polar surface area (TPSA) is 129 Å². The monoisotopic (exact) mass is 438 g/mol. The average molecular weight is 439 g/mol. The summed E-state index contributed by atoms with van der Waals surface area (Å²) in [5, 5.41) is 50.1. The summed E-state index contributed by atoms with van der Waals surface area (Å²) in [6.45, 7) is -0.483. The van der Waals surface area contributed by atoms with Crippen molar-refractivity contribution < 1.29 is 29.6 Å². The van der Waals surface area contributed by atoms with Gasteiger partial charge in [0.05, 0.1) is 18.4 Å². The first-order chi connectivity index (χ1) is 14.0. The van der Waals surface area contributed by atoms with Gasteiger partial charge in [0, 0.05) is 11.4 Å². The zero-order valence-electron chi connectivity index (χ0n) is 15.1. The third-order valence-electron chi connectivity index (χ3n) is 4.87. The molecule has 0 saturated carbocycles. The number of furan rings is 1. The Kier molecular flexibility index (Phi) is 5.98. The van der Waals surface area contributed by atoms with Crippen molar-refractivity contribution in [2.75, 3.05) is 6.61 Å². The van der Waals surface area contributed by atoms with Gasteiger partial charge >= 0.3 is 0 Å². The standard InChI is InChI=1S/C19H19ClN2O6S/c20-12-2-1-9(18-17(26)16(25)15(24)13(7-23)28-18)5-11(12)6-14-21-22-19(29-14)10-3-4-27-8-10/h1-5,8,13,15-18,23-26H,6-7H2/t13-,15-,16+,17-,18+/m1/s1. The van der Waals surface area contributed by atoms with Crippen molar-refractivity contribution in [2.24, 2.45) is 0 Å². The number of benzene rings is 1. The van der Waals surface area contributed by atoms with Crippen LogP contribution in [0.25, 0.3) is 10.6 Å². The highest BCUT2D eigenvalue weighted by atomic mass is 35.5. The second-order valence-corrected chi connectivity index (χ2v) is 8.26. The zero-order valence-corrected chi connectivity index (χ0v) is 16.6. The van der Waals surface area contributed by atoms with Crippen molar-refractivity contribution >= 4 is 22.9 Å². The summed E-state index contributed by atoms with van der Waals surface area (Å²) in [4.78, 5) is 0. The maximum absolute atomic E-state index is 10.4. The van der Waals surface area contributed by atoms with Gasteiger partial charge < -0.3 is 29.6 Å². The summed E-state index contributed by atoms with van der Waals surface area (Å²) in [6.07, 6.45) is -2.51. The lowest BCUT2D eigenvalue weighted by molar-refractivity contribution is -0.231. The molecule has 1 aliphatic rings. The number of aromatic nitrogens is 2. The molecule has 3 heterocycles. The average Bonchev–Trinajstić information content (AvgIpc) is 3.40. The Hall–Kier alpha value is -1.85. The molecule has 0 amide bonds. The summed E-state index contributed by atoms with van der Waals surface area (Å²) in [7, 11) is 0. The van der Waals surface area contributed by atoms with E-state index in [1.54, 1.807) is 36.8 Å². The largest absolute Gasteiger partial charge is 0.472 e. The summed E-state index contributed by atoms with van der Waals surface area (Å²) >= 11 is 7.76. The van der Waals surface area contributed by atoms with Crippen LogP contribution in [0, 0.1) is 0 Å². The lowest BCUT2D eigenvalue weighted by Gasteiger charge is -2.40. The molecular weight excluding hydrogens is 420 g/mol. The minimum Gasteiger partial charge on any atom is -0.472 e. The molecule has 0 unspecified atom stereocenters. The number of nitrogens with zero attached hydrogens (tertiary/aromatic N) is 2. The zero-order chi connectivity index (χ0) is 20.5. The van der Waals surface area contributed by atoms with Gasteiger partial charge in [0.15, 0.2) is 5.01 Å². The van der Waals surface area contributed by atoms with Gasteiger partial charge in [-0.15, -0.1) is 10.2 Å². The molecular formula is C19H19ClN2O6S. The van der Waals surface area contributed by atoms with Crippen molar-refractivity contribution in [3.8, 4) is 10.6 Å². The second kappa shape index (κ2) is 8.49. The van der Waals surface area contributed by atoms with Gasteiger partial charge in [-0.3, -0.25) is 0 Å². The fourth-order valence-corrected chi connectivity index (χ4v) is 4.31. The first-order valence-corrected chi connectivity index (χ1v) is 10.1. The van der Waals surface area contributed by atoms with Crippen LogP contribution in [0.2, 0.25) is 5.02 Å². The van der Waals surface area contributed by atoms with Gasteiger partial charge in [-0.25, -0.2) is 0 Å². The Morgan fingerprint density at radius 3 is 2.62 bits per heavy atom. The normalized spacial score (nSPS) is 27.3. The molecule has 1 saturated heterocycles. The Balaban J connectivity index is 1.58. The van der Waals surface area contributed by atoms with Crippen LogP contribution < -0.4 is 0 Å². The number of aliphatic hydroxyl groups excluding tert-OH is 4. The van der Waals surface area contributed by atoms with Gasteiger partial charge in [0.25, 0.3) is 0 Å². The summed E-state index contributed by atoms with van der Waals surface area (Å²) < 4.78 is 10.7. The molecule has 3 aromatic rings. The minimum atomic E-state index is -1.44. The van der Waals surface area contributed by atoms with Gasteiger partial charge in [-0.2, -0.15) is 0 Å². The highest BCUT2D eigenvalue weighted by molar-refractivity contribution is 7.14. The van der Waals surface area contributed by atoms with Crippen LogP contribution in [0.15, 0.2) is 41.2 Å². The first kappa shape index (κ1) is 20.4. The summed E-state index contributed by atoms with van der Waals surface area (Å²) in [6, 6.07) is 6.91. The maximum atomic E-state index is 10.4. The molecule has 10 heteroatoms. The summed E-state index contributed by atoms with van der Waals surface area (Å²) in [5.74, 6) is 0. The molecule has 5 atom stereocenters. The van der Waals surface area contributed by atoms with E-state index in [0.717, 1.165) is 21.1 Å². The number of hydrogen-bond acceptors (Lipinski definition) is 9. The molecule has 1 fully saturated rings. The van der Waals surface area contributed by atoms with E-state index < -0.39 is 37.1 Å². The highest BCUT2D eigenvalue weighted by Gasteiger charge is 2.44. The van der Waals surface area contributed by atoms with Gasteiger partial charge in [0.2, 0.25) is 0 Å². The Morgan fingerprint density at radius 1 is 1.07 bits per heavy atom. The number of rotatable bonds is 5. The van der Waals surface area contributed by atoms with E-state index in [4.69, 9.17) is 20.8 Å². The number of halogens is 1. The Morgan fingerprint density at radius 2 is 1.90 bits per heavy atom. The van der Waals surface area contributed by atoms with Crippen molar-refractivity contribution in [3.05, 3.63) is 57.9 Å². The fourth-order valence-electron chi connectivity index (χ4n) is 3.28. The predicted molar refractivity (Wildman–Crippen MR) is 105 cm³/mol. The quantitative estimate of drug-likeness (QED) is 0.472. The Labute approximate surface area is 175 Å². The van der Waals surface area contributed by atoms with E-state index in [1.807, 2.05) is 0 Å². The van der Waals surface area contributed by atoms with Crippen molar-refractivity contribution in [2.45, 2.75) is 36.9 Å². The number of aliphatic hydroxyl groups is 4. The Bertz CT molecular complexity index is 964. The molecule has 0 radical (unpaired) electrons. The molecule has 1 aromatic carbocycles. The van der Waals surface area contributed by atoms with Crippen LogP contribution in [0.4, 0.5) is 0 Å². The van der Waals surface area contributed by atoms with Crippen molar-refractivity contribution in [3.63, 3.8) is 0 Å². The van der Waals surface area contributed by atoms with Gasteiger partial charge in [-0.05, 0) is 23.3 Å². The summed E-state index contributed by atoms with van der Waals surface area (Å²) in [5.41, 5.74) is 2.16. The molecule has 154 valence electrons. The molecule has 8 nitrogen and oxygen atoms in total. The lowest BCUT2D eigenvalue weighted by Crippen LogP contribution is -2.55. The molecule has 0 aliphatic carbocycles. The van der Waals surface area contributed by atoms with Crippen LogP contribution in [0.1, 0.15) is 22.2 Å². The molecule has 1 aliphatic heterocycles. The molecule has 29 heavy (non-hydrogen) atoms. The second-order valence-electron chi connectivity index (χ2n) is 6.79. The molecule has 0 spiro atoms. The van der Waals surface area contributed by atoms with Gasteiger partial charge in [0.1, 0.15) is 41.8 Å². The molecule has 4 N–H and O–H groups in total. The number of hydrogen-bond donors (Lipinski definition) is 4. The van der Waals surface area contributed by atoms with Crippen LogP contribution in [0.3, 0.4) is 0 Å². The van der Waals surface area contributed by atoms with Crippen molar-refractivity contribution in [1.29, 1.82) is 0 Å². The number of ether oxygens (including phenoxy) is 1. The minimum absolute atomic E-state index is 0.416.